The number of benzene rings is 1. The van der Waals surface area contributed by atoms with Gasteiger partial charge in [-0.25, -0.2) is 9.48 Å². The zero-order chi connectivity index (χ0) is 14.5. The smallest absolute Gasteiger partial charge is 0.328 e. The van der Waals surface area contributed by atoms with Gasteiger partial charge in [0.1, 0.15) is 0 Å². The third-order valence-electron chi connectivity index (χ3n) is 2.79. The third kappa shape index (κ3) is 3.41. The maximum Gasteiger partial charge on any atom is 0.328 e. The Morgan fingerprint density at radius 1 is 1.40 bits per heavy atom. The van der Waals surface area contributed by atoms with Crippen molar-refractivity contribution in [2.45, 2.75) is 13.5 Å². The molecule has 0 unspecified atom stereocenters. The molecule has 1 aromatic heterocycles. The van der Waals surface area contributed by atoms with Gasteiger partial charge in [0.25, 0.3) is 5.56 Å². The van der Waals surface area contributed by atoms with Gasteiger partial charge in [0, 0.05) is 12.1 Å². The summed E-state index contributed by atoms with van der Waals surface area (Å²) in [6.07, 6.45) is 4.21. The van der Waals surface area contributed by atoms with Crippen LogP contribution in [0.5, 0.6) is 0 Å². The molecule has 0 aliphatic rings. The fourth-order valence-corrected chi connectivity index (χ4v) is 1.81. The van der Waals surface area contributed by atoms with Crippen LogP contribution in [-0.4, -0.2) is 20.9 Å². The number of hydrogen-bond donors (Lipinski definition) is 1. The summed E-state index contributed by atoms with van der Waals surface area (Å²) in [5.41, 5.74) is 2.22. The number of carboxylic acid groups (broad SMARTS) is 1. The number of aliphatic carboxylic acids is 1. The maximum absolute atomic E-state index is 11.8. The van der Waals surface area contributed by atoms with E-state index in [0.29, 0.717) is 6.54 Å². The molecule has 20 heavy (non-hydrogen) atoms. The molecule has 1 aromatic carbocycles. The van der Waals surface area contributed by atoms with Crippen molar-refractivity contribution in [3.63, 3.8) is 0 Å². The molecule has 1 N–H and O–H groups in total. The molecule has 5 nitrogen and oxygen atoms in total. The second-order valence-electron chi connectivity index (χ2n) is 4.40. The zero-order valence-corrected chi connectivity index (χ0v) is 11.0. The molecule has 0 fully saturated rings. The van der Waals surface area contributed by atoms with Gasteiger partial charge >= 0.3 is 5.97 Å². The second-order valence-corrected chi connectivity index (χ2v) is 4.40. The molecule has 102 valence electrons. The lowest BCUT2D eigenvalue weighted by Crippen LogP contribution is -2.23. The molecule has 5 heteroatoms. The first kappa shape index (κ1) is 13.7. The van der Waals surface area contributed by atoms with E-state index in [1.807, 2.05) is 25.1 Å². The zero-order valence-electron chi connectivity index (χ0n) is 11.0. The first-order valence-corrected chi connectivity index (χ1v) is 6.09. The SMILES string of the molecule is Cc1cnn(Cc2ccccc2/C=C/C(=O)O)c(=O)c1. The maximum atomic E-state index is 11.8. The number of aryl methyl sites for hydroxylation is 1. The molecule has 0 spiro atoms. The summed E-state index contributed by atoms with van der Waals surface area (Å²) in [4.78, 5) is 22.4. The molecule has 0 aliphatic heterocycles. The van der Waals surface area contributed by atoms with E-state index in [0.717, 1.165) is 22.8 Å². The highest BCUT2D eigenvalue weighted by molar-refractivity contribution is 5.85. The van der Waals surface area contributed by atoms with E-state index in [9.17, 15) is 9.59 Å². The molecule has 0 aliphatic carbocycles. The summed E-state index contributed by atoms with van der Waals surface area (Å²) >= 11 is 0. The van der Waals surface area contributed by atoms with Gasteiger partial charge in [-0.1, -0.05) is 24.3 Å². The van der Waals surface area contributed by atoms with Gasteiger partial charge < -0.3 is 5.11 Å². The standard InChI is InChI=1S/C15H14N2O3/c1-11-8-14(18)17(16-9-11)10-13-5-3-2-4-12(13)6-7-15(19)20/h2-9H,10H2,1H3,(H,19,20)/b7-6+. The molecule has 2 rings (SSSR count). The fraction of sp³-hybridized carbons (Fsp3) is 0.133. The van der Waals surface area contributed by atoms with Crippen molar-refractivity contribution in [3.8, 4) is 0 Å². The summed E-state index contributed by atoms with van der Waals surface area (Å²) in [7, 11) is 0. The number of nitrogens with zero attached hydrogens (tertiary/aromatic N) is 2. The first-order chi connectivity index (χ1) is 9.56. The van der Waals surface area contributed by atoms with E-state index >= 15 is 0 Å². The van der Waals surface area contributed by atoms with Crippen molar-refractivity contribution in [1.29, 1.82) is 0 Å². The fourth-order valence-electron chi connectivity index (χ4n) is 1.81. The molecule has 2 aromatic rings. The van der Waals surface area contributed by atoms with Crippen molar-refractivity contribution < 1.29 is 9.90 Å². The highest BCUT2D eigenvalue weighted by atomic mass is 16.4. The van der Waals surface area contributed by atoms with Crippen molar-refractivity contribution in [2.75, 3.05) is 0 Å². The predicted molar refractivity (Wildman–Crippen MR) is 75.4 cm³/mol. The molecule has 0 atom stereocenters. The van der Waals surface area contributed by atoms with E-state index < -0.39 is 5.97 Å². The monoisotopic (exact) mass is 270 g/mol. The normalized spacial score (nSPS) is 10.8. The van der Waals surface area contributed by atoms with E-state index in [-0.39, 0.29) is 5.56 Å². The van der Waals surface area contributed by atoms with Crippen LogP contribution in [0.3, 0.4) is 0 Å². The van der Waals surface area contributed by atoms with Gasteiger partial charge in [-0.15, -0.1) is 0 Å². The lowest BCUT2D eigenvalue weighted by molar-refractivity contribution is -0.131. The van der Waals surface area contributed by atoms with Crippen LogP contribution >= 0.6 is 0 Å². The lowest BCUT2D eigenvalue weighted by Gasteiger charge is -2.07. The van der Waals surface area contributed by atoms with Gasteiger partial charge in [0.2, 0.25) is 0 Å². The molecular formula is C15H14N2O3. The van der Waals surface area contributed by atoms with Gasteiger partial charge in [-0.2, -0.15) is 5.10 Å². The average molecular weight is 270 g/mol. The molecule has 1 heterocycles. The minimum atomic E-state index is -1.01. The highest BCUT2D eigenvalue weighted by Crippen LogP contribution is 2.11. The summed E-state index contributed by atoms with van der Waals surface area (Å²) < 4.78 is 1.35. The van der Waals surface area contributed by atoms with Crippen LogP contribution in [0.25, 0.3) is 6.08 Å². The number of rotatable bonds is 4. The van der Waals surface area contributed by atoms with Crippen molar-refractivity contribution in [3.05, 3.63) is 69.6 Å². The van der Waals surface area contributed by atoms with E-state index in [4.69, 9.17) is 5.11 Å². The Bertz CT molecular complexity index is 717. The van der Waals surface area contributed by atoms with E-state index in [1.54, 1.807) is 12.3 Å². The van der Waals surface area contributed by atoms with E-state index in [1.165, 1.54) is 16.8 Å². The summed E-state index contributed by atoms with van der Waals surface area (Å²) in [5.74, 6) is -1.01. The summed E-state index contributed by atoms with van der Waals surface area (Å²) in [5, 5.41) is 12.7. The van der Waals surface area contributed by atoms with Gasteiger partial charge in [-0.3, -0.25) is 4.79 Å². The number of hydrogen-bond acceptors (Lipinski definition) is 3. The summed E-state index contributed by atoms with van der Waals surface area (Å²) in [6, 6.07) is 8.81. The van der Waals surface area contributed by atoms with Crippen molar-refractivity contribution in [2.24, 2.45) is 0 Å². The Kier molecular flexibility index (Phi) is 4.10. The van der Waals surface area contributed by atoms with Crippen molar-refractivity contribution >= 4 is 12.0 Å². The van der Waals surface area contributed by atoms with Crippen LogP contribution in [-0.2, 0) is 11.3 Å². The largest absolute Gasteiger partial charge is 0.478 e. The van der Waals surface area contributed by atoms with Crippen LogP contribution in [0.1, 0.15) is 16.7 Å². The average Bonchev–Trinajstić information content (AvgIpc) is 2.41. The Morgan fingerprint density at radius 2 is 2.15 bits per heavy atom. The Morgan fingerprint density at radius 3 is 2.85 bits per heavy atom. The van der Waals surface area contributed by atoms with Crippen LogP contribution in [0, 0.1) is 6.92 Å². The quantitative estimate of drug-likeness (QED) is 0.858. The van der Waals surface area contributed by atoms with Crippen LogP contribution in [0.15, 0.2) is 47.4 Å². The second kappa shape index (κ2) is 5.97. The highest BCUT2D eigenvalue weighted by Gasteiger charge is 2.03. The van der Waals surface area contributed by atoms with Crippen LogP contribution in [0.2, 0.25) is 0 Å². The Hall–Kier alpha value is -2.69. The third-order valence-corrected chi connectivity index (χ3v) is 2.79. The molecule has 0 radical (unpaired) electrons. The summed E-state index contributed by atoms with van der Waals surface area (Å²) in [6.45, 7) is 2.11. The molecule has 0 saturated heterocycles. The van der Waals surface area contributed by atoms with Crippen LogP contribution < -0.4 is 5.56 Å². The number of aromatic nitrogens is 2. The number of carbonyl (C=O) groups is 1. The minimum Gasteiger partial charge on any atom is -0.478 e. The van der Waals surface area contributed by atoms with E-state index in [2.05, 4.69) is 5.10 Å². The number of carboxylic acids is 1. The molecule has 0 saturated carbocycles. The Labute approximate surface area is 115 Å². The van der Waals surface area contributed by atoms with Gasteiger partial charge in [-0.05, 0) is 29.7 Å². The predicted octanol–water partition coefficient (Wildman–Crippen LogP) is 1.70. The Balaban J connectivity index is 2.34. The lowest BCUT2D eigenvalue weighted by atomic mass is 10.1. The minimum absolute atomic E-state index is 0.179. The molecular weight excluding hydrogens is 256 g/mol. The first-order valence-electron chi connectivity index (χ1n) is 6.09. The van der Waals surface area contributed by atoms with Gasteiger partial charge in [0.15, 0.2) is 0 Å². The van der Waals surface area contributed by atoms with Crippen molar-refractivity contribution in [1.82, 2.24) is 9.78 Å². The van der Waals surface area contributed by atoms with Crippen LogP contribution in [0.4, 0.5) is 0 Å². The molecule has 0 bridgehead atoms. The van der Waals surface area contributed by atoms with Gasteiger partial charge in [0.05, 0.1) is 12.7 Å². The topological polar surface area (TPSA) is 72.2 Å². The molecule has 0 amide bonds.